The Morgan fingerprint density at radius 2 is 1.94 bits per heavy atom. The van der Waals surface area contributed by atoms with Gasteiger partial charge in [0.15, 0.2) is 6.29 Å². The molecule has 2 aliphatic rings. The van der Waals surface area contributed by atoms with E-state index in [2.05, 4.69) is 21.0 Å². The molecule has 2 aromatic heterocycles. The quantitative estimate of drug-likeness (QED) is 0.294. The number of nitrogens with one attached hydrogen (secondary N) is 2. The molecule has 1 aromatic carbocycles. The molecule has 7 heteroatoms. The van der Waals surface area contributed by atoms with Crippen molar-refractivity contribution in [2.24, 2.45) is 29.0 Å². The summed E-state index contributed by atoms with van der Waals surface area (Å²) in [6, 6.07) is 6.52. The van der Waals surface area contributed by atoms with E-state index in [1.807, 2.05) is 18.2 Å². The van der Waals surface area contributed by atoms with Crippen molar-refractivity contribution < 1.29 is 4.79 Å². The van der Waals surface area contributed by atoms with Gasteiger partial charge >= 0.3 is 0 Å². The normalized spacial score (nSPS) is 16.7. The van der Waals surface area contributed by atoms with E-state index in [4.69, 9.17) is 11.5 Å². The van der Waals surface area contributed by atoms with Crippen molar-refractivity contribution in [3.05, 3.63) is 53.9 Å². The zero-order valence-corrected chi connectivity index (χ0v) is 17.8. The molecule has 0 atom stereocenters. The Morgan fingerprint density at radius 1 is 1.23 bits per heavy atom. The number of hydrogen-bond donors (Lipinski definition) is 5. The summed E-state index contributed by atoms with van der Waals surface area (Å²) in [4.78, 5) is 19.7. The number of hydrogen-bond acceptors (Lipinski definition) is 6. The zero-order valence-electron chi connectivity index (χ0n) is 17.8. The van der Waals surface area contributed by atoms with E-state index in [9.17, 15) is 4.79 Å². The van der Waals surface area contributed by atoms with E-state index in [-0.39, 0.29) is 0 Å². The van der Waals surface area contributed by atoms with Crippen molar-refractivity contribution in [1.82, 2.24) is 9.97 Å². The molecule has 2 aliphatic carbocycles. The number of pyridine rings is 1. The Hall–Kier alpha value is -3.32. The molecule has 8 N–H and O–H groups in total. The number of fused-ring (bicyclic) bond motifs is 3. The van der Waals surface area contributed by atoms with Crippen LogP contribution in [-0.2, 0) is 0 Å². The standard InChI is InChI=1S/C23H25N5O.CH5N/c24-9-1-2-18(25)15-7-8-17-19(10-15)27-22-16(12-29)11-26-23(20(17)22)28-21(13-3-4-13)14-5-6-14;1-2/h1-2,7-14,21,27H,3-6,24-25H2,(H,26,28);2H2,1H3/b9-1-,18-2-;. The van der Waals surface area contributed by atoms with Gasteiger partial charge in [-0.15, -0.1) is 0 Å². The Morgan fingerprint density at radius 3 is 2.55 bits per heavy atom. The number of benzene rings is 1. The van der Waals surface area contributed by atoms with E-state index in [1.54, 1.807) is 18.3 Å². The second-order valence-electron chi connectivity index (χ2n) is 8.17. The summed E-state index contributed by atoms with van der Waals surface area (Å²) in [5, 5.41) is 5.75. The summed E-state index contributed by atoms with van der Waals surface area (Å²) in [5.74, 6) is 2.37. The predicted octanol–water partition coefficient (Wildman–Crippen LogP) is 3.48. The second kappa shape index (κ2) is 8.81. The van der Waals surface area contributed by atoms with Gasteiger partial charge in [0.1, 0.15) is 5.82 Å². The van der Waals surface area contributed by atoms with Crippen molar-refractivity contribution in [1.29, 1.82) is 0 Å². The first-order chi connectivity index (χ1) is 15.2. The van der Waals surface area contributed by atoms with Gasteiger partial charge in [-0.25, -0.2) is 4.98 Å². The minimum atomic E-state index is 0.485. The van der Waals surface area contributed by atoms with Gasteiger partial charge < -0.3 is 27.5 Å². The molecule has 0 bridgehead atoms. The van der Waals surface area contributed by atoms with Crippen molar-refractivity contribution in [2.75, 3.05) is 12.4 Å². The third-order valence-electron chi connectivity index (χ3n) is 6.07. The summed E-state index contributed by atoms with van der Waals surface area (Å²) < 4.78 is 0. The molecule has 7 nitrogen and oxygen atoms in total. The van der Waals surface area contributed by atoms with Crippen molar-refractivity contribution in [3.63, 3.8) is 0 Å². The van der Waals surface area contributed by atoms with Crippen LogP contribution in [0, 0.1) is 11.8 Å². The van der Waals surface area contributed by atoms with Crippen LogP contribution in [0.15, 0.2) is 42.7 Å². The fourth-order valence-corrected chi connectivity index (χ4v) is 4.25. The molecule has 2 saturated carbocycles. The summed E-state index contributed by atoms with van der Waals surface area (Å²) in [7, 11) is 1.50. The predicted molar refractivity (Wildman–Crippen MR) is 127 cm³/mol. The SMILES string of the molecule is CN.N/C=C\C=C(/N)c1ccc2c(c1)[nH]c1c(C=O)cnc(NC(C3CC3)C3CC3)c12. The van der Waals surface area contributed by atoms with E-state index >= 15 is 0 Å². The summed E-state index contributed by atoms with van der Waals surface area (Å²) in [6.07, 6.45) is 12.6. The lowest BCUT2D eigenvalue weighted by Crippen LogP contribution is -2.25. The molecule has 0 saturated heterocycles. The highest BCUT2D eigenvalue weighted by Crippen LogP contribution is 2.46. The van der Waals surface area contributed by atoms with Crippen LogP contribution in [0.1, 0.15) is 41.6 Å². The maximum Gasteiger partial charge on any atom is 0.153 e. The first-order valence-corrected chi connectivity index (χ1v) is 10.8. The molecule has 162 valence electrons. The molecule has 0 amide bonds. The van der Waals surface area contributed by atoms with Gasteiger partial charge in [-0.3, -0.25) is 4.79 Å². The molecule has 0 radical (unpaired) electrons. The van der Waals surface area contributed by atoms with Gasteiger partial charge in [-0.1, -0.05) is 12.1 Å². The van der Waals surface area contributed by atoms with Crippen LogP contribution < -0.4 is 22.5 Å². The number of aldehydes is 1. The van der Waals surface area contributed by atoms with Crippen LogP contribution in [0.2, 0.25) is 0 Å². The summed E-state index contributed by atoms with van der Waals surface area (Å²) in [6.45, 7) is 0. The smallest absolute Gasteiger partial charge is 0.153 e. The van der Waals surface area contributed by atoms with E-state index < -0.39 is 0 Å². The molecule has 0 aliphatic heterocycles. The molecule has 31 heavy (non-hydrogen) atoms. The lowest BCUT2D eigenvalue weighted by molar-refractivity contribution is 0.112. The molecule has 2 heterocycles. The first-order valence-electron chi connectivity index (χ1n) is 10.8. The molecule has 0 unspecified atom stereocenters. The van der Waals surface area contributed by atoms with Gasteiger partial charge in [0.2, 0.25) is 0 Å². The average molecular weight is 419 g/mol. The van der Waals surface area contributed by atoms with Gasteiger partial charge in [-0.2, -0.15) is 0 Å². The number of aromatic amines is 1. The molecular formula is C24H30N6O. The van der Waals surface area contributed by atoms with E-state index in [0.29, 0.717) is 17.3 Å². The highest BCUT2D eigenvalue weighted by Gasteiger charge is 2.41. The monoisotopic (exact) mass is 418 g/mol. The summed E-state index contributed by atoms with van der Waals surface area (Å²) >= 11 is 0. The zero-order chi connectivity index (χ0) is 22.0. The van der Waals surface area contributed by atoms with Crippen LogP contribution in [0.25, 0.3) is 27.5 Å². The lowest BCUT2D eigenvalue weighted by Gasteiger charge is -2.19. The number of nitrogens with zero attached hydrogens (tertiary/aromatic N) is 1. The van der Waals surface area contributed by atoms with Crippen LogP contribution in [0.5, 0.6) is 0 Å². The Balaban J connectivity index is 0.00000112. The average Bonchev–Trinajstić information content (AvgIpc) is 3.73. The first kappa shape index (κ1) is 20.9. The third-order valence-corrected chi connectivity index (χ3v) is 6.07. The fraction of sp³-hybridized carbons (Fsp3) is 0.333. The second-order valence-corrected chi connectivity index (χ2v) is 8.17. The van der Waals surface area contributed by atoms with Gasteiger partial charge in [0.25, 0.3) is 0 Å². The largest absolute Gasteiger partial charge is 0.405 e. The van der Waals surface area contributed by atoms with Gasteiger partial charge in [0, 0.05) is 28.8 Å². The maximum absolute atomic E-state index is 11.6. The molecule has 5 rings (SSSR count). The topological polar surface area (TPSA) is 136 Å². The van der Waals surface area contributed by atoms with Crippen LogP contribution >= 0.6 is 0 Å². The van der Waals surface area contributed by atoms with Gasteiger partial charge in [0.05, 0.1) is 16.5 Å². The van der Waals surface area contributed by atoms with Crippen LogP contribution in [-0.4, -0.2) is 29.3 Å². The number of aromatic nitrogens is 2. The van der Waals surface area contributed by atoms with Crippen molar-refractivity contribution >= 4 is 39.6 Å². The van der Waals surface area contributed by atoms with E-state index in [1.165, 1.54) is 38.9 Å². The molecule has 0 spiro atoms. The lowest BCUT2D eigenvalue weighted by atomic mass is 10.1. The molecule has 3 aromatic rings. The fourth-order valence-electron chi connectivity index (χ4n) is 4.25. The number of carbonyl (C=O) groups excluding carboxylic acids is 1. The van der Waals surface area contributed by atoms with Crippen LogP contribution in [0.4, 0.5) is 5.82 Å². The van der Waals surface area contributed by atoms with Crippen molar-refractivity contribution in [2.45, 2.75) is 31.7 Å². The maximum atomic E-state index is 11.6. The Labute approximate surface area is 181 Å². The summed E-state index contributed by atoms with van der Waals surface area (Å²) in [5.41, 5.74) is 19.9. The number of H-pyrrole nitrogens is 1. The number of nitrogens with two attached hydrogens (primary N) is 3. The van der Waals surface area contributed by atoms with Crippen LogP contribution in [0.3, 0.4) is 0 Å². The van der Waals surface area contributed by atoms with Gasteiger partial charge in [-0.05, 0) is 74.5 Å². The minimum absolute atomic E-state index is 0.485. The van der Waals surface area contributed by atoms with Crippen molar-refractivity contribution in [3.8, 4) is 0 Å². The number of anilines is 1. The number of rotatable bonds is 7. The highest BCUT2D eigenvalue weighted by atomic mass is 16.1. The molecule has 2 fully saturated rings. The Kier molecular flexibility index (Phi) is 5.95. The third kappa shape index (κ3) is 4.14. The Bertz CT molecular complexity index is 1140. The minimum Gasteiger partial charge on any atom is -0.405 e. The highest BCUT2D eigenvalue weighted by molar-refractivity contribution is 6.16. The number of allylic oxidation sites excluding steroid dienone is 2. The number of carbonyl (C=O) groups is 1. The molecular weight excluding hydrogens is 388 g/mol. The van der Waals surface area contributed by atoms with E-state index in [0.717, 1.165) is 51.3 Å².